The van der Waals surface area contributed by atoms with Crippen molar-refractivity contribution < 1.29 is 9.53 Å². The Morgan fingerprint density at radius 1 is 1.25 bits per heavy atom. The normalized spacial score (nSPS) is 12.0. The summed E-state index contributed by atoms with van der Waals surface area (Å²) >= 11 is 6.05. The quantitative estimate of drug-likeness (QED) is 0.832. The van der Waals surface area contributed by atoms with Gasteiger partial charge in [-0.15, -0.1) is 0 Å². The Bertz CT molecular complexity index is 676. The van der Waals surface area contributed by atoms with Crippen LogP contribution < -0.4 is 10.1 Å². The van der Waals surface area contributed by atoms with Gasteiger partial charge in [0.05, 0.1) is 19.7 Å². The van der Waals surface area contributed by atoms with Crippen LogP contribution in [0, 0.1) is 0 Å². The molecule has 2 rings (SSSR count). The van der Waals surface area contributed by atoms with Crippen molar-refractivity contribution in [3.63, 3.8) is 0 Å². The molecule has 0 aromatic heterocycles. The van der Waals surface area contributed by atoms with Gasteiger partial charge in [0.15, 0.2) is 0 Å². The van der Waals surface area contributed by atoms with Gasteiger partial charge in [-0.1, -0.05) is 41.9 Å². The number of carbonyl (C=O) groups excluding carboxylic acids is 1. The zero-order valence-electron chi connectivity index (χ0n) is 14.3. The van der Waals surface area contributed by atoms with E-state index in [2.05, 4.69) is 5.32 Å². The second-order valence-corrected chi connectivity index (χ2v) is 6.26. The zero-order valence-corrected chi connectivity index (χ0v) is 15.0. The molecule has 2 aromatic carbocycles. The molecule has 0 saturated carbocycles. The van der Waals surface area contributed by atoms with E-state index in [1.165, 1.54) is 0 Å². The minimum absolute atomic E-state index is 0.0187. The molecule has 0 fully saturated rings. The largest absolute Gasteiger partial charge is 0.496 e. The summed E-state index contributed by atoms with van der Waals surface area (Å²) in [6, 6.07) is 15.4. The van der Waals surface area contributed by atoms with Gasteiger partial charge >= 0.3 is 0 Å². The van der Waals surface area contributed by atoms with Crippen molar-refractivity contribution in [1.82, 2.24) is 10.2 Å². The van der Waals surface area contributed by atoms with Crippen molar-refractivity contribution in [3.05, 3.63) is 64.7 Å². The van der Waals surface area contributed by atoms with Gasteiger partial charge < -0.3 is 10.1 Å². The highest BCUT2D eigenvalue weighted by Crippen LogP contribution is 2.23. The predicted octanol–water partition coefficient (Wildman–Crippen LogP) is 3.66. The van der Waals surface area contributed by atoms with Crippen LogP contribution in [-0.4, -0.2) is 31.5 Å². The molecule has 0 heterocycles. The fourth-order valence-electron chi connectivity index (χ4n) is 2.57. The van der Waals surface area contributed by atoms with Crippen LogP contribution in [0.2, 0.25) is 5.02 Å². The van der Waals surface area contributed by atoms with Crippen LogP contribution in [-0.2, 0) is 11.3 Å². The van der Waals surface area contributed by atoms with Crippen LogP contribution >= 0.6 is 11.6 Å². The lowest BCUT2D eigenvalue weighted by molar-refractivity contribution is -0.122. The highest BCUT2D eigenvalue weighted by Gasteiger charge is 2.13. The number of halogens is 1. The smallest absolute Gasteiger partial charge is 0.234 e. The summed E-state index contributed by atoms with van der Waals surface area (Å²) in [5.74, 6) is 0.749. The molecule has 0 spiro atoms. The lowest BCUT2D eigenvalue weighted by Gasteiger charge is -2.20. The highest BCUT2D eigenvalue weighted by molar-refractivity contribution is 6.30. The fourth-order valence-corrected chi connectivity index (χ4v) is 2.77. The average Bonchev–Trinajstić information content (AvgIpc) is 2.55. The number of carbonyl (C=O) groups is 1. The van der Waals surface area contributed by atoms with Crippen molar-refractivity contribution >= 4 is 17.5 Å². The molecule has 0 aliphatic carbocycles. The maximum absolute atomic E-state index is 12.2. The van der Waals surface area contributed by atoms with Crippen LogP contribution in [0.25, 0.3) is 0 Å². The number of methoxy groups -OCH3 is 1. The van der Waals surface area contributed by atoms with Gasteiger partial charge in [0.1, 0.15) is 5.75 Å². The summed E-state index contributed by atoms with van der Waals surface area (Å²) in [6.07, 6.45) is 0. The fraction of sp³-hybridized carbons (Fsp3) is 0.316. The van der Waals surface area contributed by atoms with E-state index < -0.39 is 0 Å². The van der Waals surface area contributed by atoms with Gasteiger partial charge in [0.25, 0.3) is 0 Å². The lowest BCUT2D eigenvalue weighted by atomic mass is 10.1. The first-order chi connectivity index (χ1) is 11.5. The molecule has 24 heavy (non-hydrogen) atoms. The third-order valence-electron chi connectivity index (χ3n) is 3.77. The average molecular weight is 347 g/mol. The van der Waals surface area contributed by atoms with Gasteiger partial charge in [0.2, 0.25) is 5.91 Å². The Balaban J connectivity index is 1.91. The van der Waals surface area contributed by atoms with Crippen molar-refractivity contribution in [1.29, 1.82) is 0 Å². The SMILES string of the molecule is COc1ccc(Cl)cc1CN(C)CC(=O)N[C@@H](C)c1ccccc1. The van der Waals surface area contributed by atoms with E-state index in [0.717, 1.165) is 16.9 Å². The van der Waals surface area contributed by atoms with Crippen molar-refractivity contribution in [3.8, 4) is 5.75 Å². The van der Waals surface area contributed by atoms with Crippen LogP contribution in [0.3, 0.4) is 0 Å². The maximum atomic E-state index is 12.2. The number of ether oxygens (including phenoxy) is 1. The molecule has 0 saturated heterocycles. The molecule has 128 valence electrons. The van der Waals surface area contributed by atoms with E-state index in [4.69, 9.17) is 16.3 Å². The van der Waals surface area contributed by atoms with Crippen LogP contribution in [0.5, 0.6) is 5.75 Å². The van der Waals surface area contributed by atoms with Crippen LogP contribution in [0.15, 0.2) is 48.5 Å². The maximum Gasteiger partial charge on any atom is 0.234 e. The van der Waals surface area contributed by atoms with Crippen molar-refractivity contribution in [2.24, 2.45) is 0 Å². The molecule has 0 aliphatic heterocycles. The Hall–Kier alpha value is -2.04. The standard InChI is InChI=1S/C19H23ClN2O2/c1-14(15-7-5-4-6-8-15)21-19(23)13-22(2)12-16-11-17(20)9-10-18(16)24-3/h4-11,14H,12-13H2,1-3H3,(H,21,23)/t14-/m0/s1. The Morgan fingerprint density at radius 2 is 1.96 bits per heavy atom. The predicted molar refractivity (Wildman–Crippen MR) is 97.3 cm³/mol. The number of benzene rings is 2. The Kier molecular flexibility index (Phi) is 6.64. The summed E-state index contributed by atoms with van der Waals surface area (Å²) in [5.41, 5.74) is 2.04. The molecule has 1 amide bonds. The Morgan fingerprint density at radius 3 is 2.62 bits per heavy atom. The minimum Gasteiger partial charge on any atom is -0.496 e. The highest BCUT2D eigenvalue weighted by atomic mass is 35.5. The van der Waals surface area contributed by atoms with E-state index in [9.17, 15) is 4.79 Å². The van der Waals surface area contributed by atoms with Crippen LogP contribution in [0.4, 0.5) is 0 Å². The molecule has 0 bridgehead atoms. The van der Waals surface area contributed by atoms with E-state index in [1.54, 1.807) is 13.2 Å². The van der Waals surface area contributed by atoms with Gasteiger partial charge in [0, 0.05) is 17.1 Å². The molecule has 1 N–H and O–H groups in total. The number of hydrogen-bond donors (Lipinski definition) is 1. The molecule has 1 atom stereocenters. The topological polar surface area (TPSA) is 41.6 Å². The molecule has 2 aromatic rings. The molecule has 5 heteroatoms. The minimum atomic E-state index is -0.0206. The molecule has 4 nitrogen and oxygen atoms in total. The van der Waals surface area contributed by atoms with Gasteiger partial charge in [-0.05, 0) is 37.7 Å². The van der Waals surface area contributed by atoms with Gasteiger partial charge in [-0.3, -0.25) is 9.69 Å². The summed E-state index contributed by atoms with van der Waals surface area (Å²) in [4.78, 5) is 14.2. The van der Waals surface area contributed by atoms with Crippen LogP contribution in [0.1, 0.15) is 24.1 Å². The number of rotatable bonds is 7. The summed E-state index contributed by atoms with van der Waals surface area (Å²) in [5, 5.41) is 3.67. The van der Waals surface area contributed by atoms with E-state index in [0.29, 0.717) is 18.1 Å². The third-order valence-corrected chi connectivity index (χ3v) is 4.01. The second-order valence-electron chi connectivity index (χ2n) is 5.83. The van der Waals surface area contributed by atoms with E-state index >= 15 is 0 Å². The Labute approximate surface area is 148 Å². The van der Waals surface area contributed by atoms with Crippen molar-refractivity contribution in [2.75, 3.05) is 20.7 Å². The summed E-state index contributed by atoms with van der Waals surface area (Å²) < 4.78 is 5.34. The number of amides is 1. The van der Waals surface area contributed by atoms with E-state index in [1.807, 2.05) is 61.3 Å². The second kappa shape index (κ2) is 8.71. The molecule has 0 unspecified atom stereocenters. The first kappa shape index (κ1) is 18.3. The zero-order chi connectivity index (χ0) is 17.5. The monoisotopic (exact) mass is 346 g/mol. The molecular formula is C19H23ClN2O2. The van der Waals surface area contributed by atoms with Gasteiger partial charge in [-0.25, -0.2) is 0 Å². The third kappa shape index (κ3) is 5.25. The summed E-state index contributed by atoms with van der Waals surface area (Å²) in [6.45, 7) is 2.86. The van der Waals surface area contributed by atoms with Crippen molar-refractivity contribution in [2.45, 2.75) is 19.5 Å². The number of nitrogens with one attached hydrogen (secondary N) is 1. The van der Waals surface area contributed by atoms with Gasteiger partial charge in [-0.2, -0.15) is 0 Å². The molecular weight excluding hydrogens is 324 g/mol. The first-order valence-corrected chi connectivity index (χ1v) is 8.22. The van der Waals surface area contributed by atoms with E-state index in [-0.39, 0.29) is 11.9 Å². The number of nitrogens with zero attached hydrogens (tertiary/aromatic N) is 1. The number of likely N-dealkylation sites (N-methyl/N-ethyl adjacent to an activating group) is 1. The molecule has 0 aliphatic rings. The summed E-state index contributed by atoms with van der Waals surface area (Å²) in [7, 11) is 3.52. The first-order valence-electron chi connectivity index (χ1n) is 7.85. The lowest BCUT2D eigenvalue weighted by Crippen LogP contribution is -2.36. The molecule has 0 radical (unpaired) electrons. The number of hydrogen-bond acceptors (Lipinski definition) is 3.